The minimum atomic E-state index is -0.739. The lowest BCUT2D eigenvalue weighted by Gasteiger charge is -2.16. The van der Waals surface area contributed by atoms with E-state index in [1.165, 1.54) is 32.8 Å². The molecule has 0 atom stereocenters. The largest absolute Gasteiger partial charge is 0.270 e. The summed E-state index contributed by atoms with van der Waals surface area (Å²) in [4.78, 5) is 4.98. The SMILES string of the molecule is CC(C)[CH2][Al]([CH2]c1cccc(CCc2ccccc2)n1)[CH2]C(C)C. The fraction of sp³-hybridized carbons (Fsp3) is 0.500. The molecule has 0 N–H and O–H groups in total. The Morgan fingerprint density at radius 3 is 2.00 bits per heavy atom. The van der Waals surface area contributed by atoms with Gasteiger partial charge in [0.2, 0.25) is 0 Å². The molecule has 24 heavy (non-hydrogen) atoms. The molecular formula is C22H32AlN. The maximum atomic E-state index is 4.98. The van der Waals surface area contributed by atoms with Crippen LogP contribution in [0.15, 0.2) is 48.5 Å². The van der Waals surface area contributed by atoms with Crippen molar-refractivity contribution in [1.82, 2.24) is 4.98 Å². The molecule has 0 saturated heterocycles. The van der Waals surface area contributed by atoms with Crippen LogP contribution < -0.4 is 0 Å². The number of aryl methyl sites for hydroxylation is 2. The third-order valence-corrected chi connectivity index (χ3v) is 8.70. The summed E-state index contributed by atoms with van der Waals surface area (Å²) >= 11 is -0.739. The molecule has 2 aromatic rings. The number of benzene rings is 1. The smallest absolute Gasteiger partial charge is 0.259 e. The van der Waals surface area contributed by atoms with E-state index in [1.54, 1.807) is 0 Å². The first-order chi connectivity index (χ1) is 11.5. The number of aromatic nitrogens is 1. The highest BCUT2D eigenvalue weighted by atomic mass is 27.2. The molecule has 1 aromatic carbocycles. The fourth-order valence-corrected chi connectivity index (χ4v) is 7.60. The highest BCUT2D eigenvalue weighted by molar-refractivity contribution is 6.58. The number of hydrogen-bond acceptors (Lipinski definition) is 1. The van der Waals surface area contributed by atoms with Gasteiger partial charge in [0.05, 0.1) is 0 Å². The van der Waals surface area contributed by atoms with Gasteiger partial charge in [-0.1, -0.05) is 91.8 Å². The van der Waals surface area contributed by atoms with Gasteiger partial charge in [0, 0.05) is 11.4 Å². The summed E-state index contributed by atoms with van der Waals surface area (Å²) in [6, 6.07) is 17.4. The molecule has 0 aliphatic rings. The standard InChI is InChI=1S/C14H14N.2C4H9.Al/c1-12-6-5-9-14(15-12)11-10-13-7-3-2-4-8-13;2*1-4(2)3;/h2-9H,1,10-11H2;2*4H,1H2,2-3H3;. The Bertz CT molecular complexity index is 582. The summed E-state index contributed by atoms with van der Waals surface area (Å²) in [6.45, 7) is 9.46. The summed E-state index contributed by atoms with van der Waals surface area (Å²) in [5, 5.41) is 4.14. The van der Waals surface area contributed by atoms with E-state index in [0.29, 0.717) is 0 Å². The average Bonchev–Trinajstić information content (AvgIpc) is 2.53. The van der Waals surface area contributed by atoms with Gasteiger partial charge in [-0.15, -0.1) is 0 Å². The van der Waals surface area contributed by atoms with Crippen molar-refractivity contribution in [1.29, 1.82) is 0 Å². The van der Waals surface area contributed by atoms with Crippen molar-refractivity contribution in [3.05, 3.63) is 65.5 Å². The van der Waals surface area contributed by atoms with Gasteiger partial charge in [0.25, 0.3) is 14.1 Å². The number of rotatable bonds is 9. The van der Waals surface area contributed by atoms with Crippen molar-refractivity contribution in [2.45, 2.75) is 56.4 Å². The normalized spacial score (nSPS) is 11.2. The van der Waals surface area contributed by atoms with Crippen LogP contribution >= 0.6 is 0 Å². The average molecular weight is 337 g/mol. The Balaban J connectivity index is 1.97. The Hall–Kier alpha value is -1.10. The van der Waals surface area contributed by atoms with E-state index in [-0.39, 0.29) is 0 Å². The van der Waals surface area contributed by atoms with Crippen LogP contribution in [-0.2, 0) is 18.1 Å². The summed E-state index contributed by atoms with van der Waals surface area (Å²) in [6.07, 6.45) is 2.12. The van der Waals surface area contributed by atoms with Crippen LogP contribution in [-0.4, -0.2) is 19.1 Å². The molecule has 0 saturated carbocycles. The first-order valence-corrected chi connectivity index (χ1v) is 12.0. The monoisotopic (exact) mass is 337 g/mol. The molecule has 1 aromatic heterocycles. The lowest BCUT2D eigenvalue weighted by Crippen LogP contribution is -2.22. The van der Waals surface area contributed by atoms with Crippen molar-refractivity contribution in [2.24, 2.45) is 11.8 Å². The van der Waals surface area contributed by atoms with Crippen molar-refractivity contribution < 1.29 is 0 Å². The molecule has 0 spiro atoms. The molecule has 0 radical (unpaired) electrons. The van der Waals surface area contributed by atoms with Gasteiger partial charge in [-0.2, -0.15) is 0 Å². The molecule has 2 heteroatoms. The minimum Gasteiger partial charge on any atom is -0.259 e. The summed E-state index contributed by atoms with van der Waals surface area (Å²) in [5.41, 5.74) is 3.98. The van der Waals surface area contributed by atoms with E-state index in [9.17, 15) is 0 Å². The number of pyridine rings is 1. The molecular weight excluding hydrogens is 305 g/mol. The summed E-state index contributed by atoms with van der Waals surface area (Å²) in [5.74, 6) is 1.64. The topological polar surface area (TPSA) is 12.9 Å². The lowest BCUT2D eigenvalue weighted by molar-refractivity contribution is 0.686. The Morgan fingerprint density at radius 2 is 1.38 bits per heavy atom. The second-order valence-electron chi connectivity index (χ2n) is 7.94. The number of nitrogens with zero attached hydrogens (tertiary/aromatic N) is 1. The van der Waals surface area contributed by atoms with Gasteiger partial charge in [-0.3, -0.25) is 4.98 Å². The second-order valence-corrected chi connectivity index (χ2v) is 11.0. The van der Waals surface area contributed by atoms with Crippen LogP contribution in [0, 0.1) is 11.8 Å². The van der Waals surface area contributed by atoms with Crippen molar-refractivity contribution in [2.75, 3.05) is 0 Å². The molecule has 2 rings (SSSR count). The van der Waals surface area contributed by atoms with Crippen LogP contribution in [0.5, 0.6) is 0 Å². The molecule has 0 aliphatic heterocycles. The van der Waals surface area contributed by atoms with E-state index in [1.807, 2.05) is 0 Å². The van der Waals surface area contributed by atoms with Gasteiger partial charge >= 0.3 is 0 Å². The quantitative estimate of drug-likeness (QED) is 0.530. The molecule has 128 valence electrons. The van der Waals surface area contributed by atoms with Gasteiger partial charge in [0.1, 0.15) is 0 Å². The highest BCUT2D eigenvalue weighted by Gasteiger charge is 2.21. The maximum absolute atomic E-state index is 4.98. The minimum absolute atomic E-state index is 0.739. The molecule has 0 bridgehead atoms. The first kappa shape index (κ1) is 19.2. The third kappa shape index (κ3) is 7.20. The molecule has 0 unspecified atom stereocenters. The molecule has 0 amide bonds. The van der Waals surface area contributed by atoms with Gasteiger partial charge in [-0.25, -0.2) is 0 Å². The van der Waals surface area contributed by atoms with Gasteiger partial charge in [0.15, 0.2) is 0 Å². The Kier molecular flexibility index (Phi) is 8.03. The van der Waals surface area contributed by atoms with Crippen LogP contribution in [0.3, 0.4) is 0 Å². The Morgan fingerprint density at radius 1 is 0.750 bits per heavy atom. The van der Waals surface area contributed by atoms with E-state index < -0.39 is 14.1 Å². The van der Waals surface area contributed by atoms with Crippen molar-refractivity contribution in [3.8, 4) is 0 Å². The molecule has 0 aliphatic carbocycles. The van der Waals surface area contributed by atoms with Gasteiger partial charge in [-0.05, 0) is 30.5 Å². The maximum Gasteiger partial charge on any atom is 0.270 e. The molecule has 1 nitrogen and oxygen atoms in total. The van der Waals surface area contributed by atoms with Crippen LogP contribution in [0.1, 0.15) is 44.6 Å². The number of hydrogen-bond donors (Lipinski definition) is 0. The third-order valence-electron chi connectivity index (χ3n) is 4.48. The lowest BCUT2D eigenvalue weighted by atomic mass is 10.1. The summed E-state index contributed by atoms with van der Waals surface area (Å²) < 4.78 is 0. The van der Waals surface area contributed by atoms with Crippen LogP contribution in [0.25, 0.3) is 0 Å². The van der Waals surface area contributed by atoms with E-state index in [2.05, 4.69) is 76.2 Å². The zero-order valence-corrected chi connectivity index (χ0v) is 17.0. The van der Waals surface area contributed by atoms with Crippen molar-refractivity contribution >= 4 is 14.1 Å². The highest BCUT2D eigenvalue weighted by Crippen LogP contribution is 2.18. The zero-order chi connectivity index (χ0) is 17.4. The van der Waals surface area contributed by atoms with E-state index in [0.717, 1.165) is 24.7 Å². The first-order valence-electron chi connectivity index (χ1n) is 9.51. The molecule has 1 heterocycles. The van der Waals surface area contributed by atoms with Gasteiger partial charge < -0.3 is 0 Å². The molecule has 0 fully saturated rings. The Labute approximate surface area is 152 Å². The van der Waals surface area contributed by atoms with E-state index in [4.69, 9.17) is 4.98 Å². The van der Waals surface area contributed by atoms with Crippen LogP contribution in [0.4, 0.5) is 0 Å². The van der Waals surface area contributed by atoms with E-state index >= 15 is 0 Å². The summed E-state index contributed by atoms with van der Waals surface area (Å²) in [7, 11) is 0. The fourth-order valence-electron chi connectivity index (χ4n) is 3.59. The van der Waals surface area contributed by atoms with Crippen LogP contribution in [0.2, 0.25) is 10.6 Å². The predicted molar refractivity (Wildman–Crippen MR) is 107 cm³/mol. The second kappa shape index (κ2) is 10.0. The predicted octanol–water partition coefficient (Wildman–Crippen LogP) is 5.76. The van der Waals surface area contributed by atoms with Crippen molar-refractivity contribution in [3.63, 3.8) is 0 Å². The zero-order valence-electron chi connectivity index (χ0n) is 15.8.